The maximum Gasteiger partial charge on any atom is 0.301 e. The molecule has 2 heterocycles. The fraction of sp³-hybridized carbons (Fsp3) is 0.0400. The van der Waals surface area contributed by atoms with Gasteiger partial charge in [-0.2, -0.15) is 9.80 Å². The normalized spacial score (nSPS) is 11.1. The predicted octanol–water partition coefficient (Wildman–Crippen LogP) is 6.29. The number of nitrogens with zero attached hydrogens (tertiary/aromatic N) is 5. The zero-order valence-electron chi connectivity index (χ0n) is 18.9. The number of thiazole rings is 1. The molecule has 0 aliphatic rings. The largest absolute Gasteiger partial charge is 0.497 e. The van der Waals surface area contributed by atoms with E-state index in [1.807, 2.05) is 60.0 Å². The molecule has 5 rings (SSSR count). The summed E-state index contributed by atoms with van der Waals surface area (Å²) >= 11 is 1.30. The molecule has 0 saturated heterocycles. The monoisotopic (exact) mass is 498 g/mol. The van der Waals surface area contributed by atoms with Crippen molar-refractivity contribution in [3.8, 4) is 33.4 Å². The van der Waals surface area contributed by atoms with E-state index in [9.17, 15) is 14.9 Å². The summed E-state index contributed by atoms with van der Waals surface area (Å²) in [7, 11) is 1.60. The average molecular weight is 499 g/mol. The zero-order chi connectivity index (χ0) is 25.1. The number of rotatable bonds is 7. The van der Waals surface area contributed by atoms with Crippen molar-refractivity contribution in [2.24, 2.45) is 10.2 Å². The van der Waals surface area contributed by atoms with Crippen LogP contribution in [-0.4, -0.2) is 26.8 Å². The molecule has 0 aliphatic heterocycles. The van der Waals surface area contributed by atoms with Crippen LogP contribution in [0.3, 0.4) is 0 Å². The van der Waals surface area contributed by atoms with Crippen LogP contribution in [-0.2, 0) is 0 Å². The molecule has 0 saturated carbocycles. The van der Waals surface area contributed by atoms with Gasteiger partial charge in [-0.05, 0) is 30.3 Å². The van der Waals surface area contributed by atoms with E-state index in [1.54, 1.807) is 13.2 Å². The van der Waals surface area contributed by atoms with Gasteiger partial charge in [0.1, 0.15) is 5.75 Å². The minimum atomic E-state index is -0.513. The Bertz CT molecular complexity index is 1620. The summed E-state index contributed by atoms with van der Waals surface area (Å²) in [6.45, 7) is 0. The lowest BCUT2D eigenvalue weighted by molar-refractivity contribution is -0.384. The first-order chi connectivity index (χ1) is 17.5. The summed E-state index contributed by atoms with van der Waals surface area (Å²) in [6.07, 6.45) is 0. The lowest BCUT2D eigenvalue weighted by atomic mass is 10.1. The van der Waals surface area contributed by atoms with Crippen LogP contribution in [0.1, 0.15) is 0 Å². The van der Waals surface area contributed by atoms with Gasteiger partial charge in [0.05, 0.1) is 29.1 Å². The van der Waals surface area contributed by atoms with Gasteiger partial charge in [-0.1, -0.05) is 36.4 Å². The van der Waals surface area contributed by atoms with Crippen LogP contribution in [0.4, 0.5) is 17.1 Å². The third-order valence-corrected chi connectivity index (χ3v) is 6.13. The summed E-state index contributed by atoms with van der Waals surface area (Å²) in [5, 5.41) is 24.8. The number of non-ortho nitro benzene ring substituents is 1. The van der Waals surface area contributed by atoms with Crippen molar-refractivity contribution < 1.29 is 9.66 Å². The van der Waals surface area contributed by atoms with Crippen LogP contribution in [0.25, 0.3) is 27.6 Å². The van der Waals surface area contributed by atoms with Crippen LogP contribution in [0.2, 0.25) is 0 Å². The highest BCUT2D eigenvalue weighted by molar-refractivity contribution is 7.12. The number of azo groups is 1. The van der Waals surface area contributed by atoms with Gasteiger partial charge in [0.2, 0.25) is 5.13 Å². The molecule has 5 aromatic rings. The van der Waals surface area contributed by atoms with Crippen LogP contribution in [0.5, 0.6) is 5.75 Å². The number of aromatic nitrogens is 3. The summed E-state index contributed by atoms with van der Waals surface area (Å²) < 4.78 is 6.53. The quantitative estimate of drug-likeness (QED) is 0.160. The first kappa shape index (κ1) is 22.9. The lowest BCUT2D eigenvalue weighted by Crippen LogP contribution is -2.13. The van der Waals surface area contributed by atoms with Gasteiger partial charge in [-0.15, -0.1) is 16.5 Å². The maximum absolute atomic E-state index is 13.4. The molecule has 1 N–H and O–H groups in total. The molecule has 0 aliphatic carbocycles. The molecule has 0 amide bonds. The van der Waals surface area contributed by atoms with Crippen LogP contribution in [0, 0.1) is 10.1 Å². The van der Waals surface area contributed by atoms with Gasteiger partial charge < -0.3 is 4.74 Å². The van der Waals surface area contributed by atoms with E-state index in [0.29, 0.717) is 16.5 Å². The van der Waals surface area contributed by atoms with Gasteiger partial charge in [-0.3, -0.25) is 20.0 Å². The van der Waals surface area contributed by atoms with Crippen LogP contribution < -0.4 is 10.3 Å². The van der Waals surface area contributed by atoms with E-state index >= 15 is 0 Å². The van der Waals surface area contributed by atoms with Crippen molar-refractivity contribution in [1.82, 2.24) is 14.8 Å². The predicted molar refractivity (Wildman–Crippen MR) is 137 cm³/mol. The number of nitro groups is 1. The van der Waals surface area contributed by atoms with E-state index in [2.05, 4.69) is 20.3 Å². The van der Waals surface area contributed by atoms with Gasteiger partial charge in [0.15, 0.2) is 5.69 Å². The second kappa shape index (κ2) is 9.76. The number of H-pyrrole nitrogens is 1. The molecule has 0 unspecified atom stereocenters. The number of nitrogens with one attached hydrogen (secondary N) is 1. The number of hydrogen-bond donors (Lipinski definition) is 1. The zero-order valence-corrected chi connectivity index (χ0v) is 19.7. The van der Waals surface area contributed by atoms with Gasteiger partial charge in [0, 0.05) is 28.6 Å². The number of ether oxygens (including phenoxy) is 1. The third-order valence-electron chi connectivity index (χ3n) is 5.30. The first-order valence-electron chi connectivity index (χ1n) is 10.7. The molecule has 3 aromatic carbocycles. The molecule has 10 nitrogen and oxygen atoms in total. The van der Waals surface area contributed by atoms with E-state index in [4.69, 9.17) is 4.74 Å². The highest BCUT2D eigenvalue weighted by Crippen LogP contribution is 2.30. The Hall–Kier alpha value is -4.90. The van der Waals surface area contributed by atoms with Crippen LogP contribution in [0.15, 0.2) is 99.3 Å². The Labute approximate surface area is 208 Å². The van der Waals surface area contributed by atoms with Crippen molar-refractivity contribution in [3.05, 3.63) is 105 Å². The molecular weight excluding hydrogens is 480 g/mol. The van der Waals surface area contributed by atoms with Crippen molar-refractivity contribution in [3.63, 3.8) is 0 Å². The number of aromatic amines is 1. The topological polar surface area (TPSA) is 128 Å². The standard InChI is InChI=1S/C25H18N6O4S/c1-35-20-12-10-16(11-13-20)21-15-36-25(26-21)30-24(32)23(22(29-30)17-6-3-2-4-7-17)28-27-18-8-5-9-19(14-18)31(33)34/h2-15,29H,1H3. The number of nitro benzene ring substituents is 1. The molecule has 0 bridgehead atoms. The van der Waals surface area contributed by atoms with E-state index in [0.717, 1.165) is 16.9 Å². The average Bonchev–Trinajstić information content (AvgIpc) is 3.53. The molecule has 178 valence electrons. The highest BCUT2D eigenvalue weighted by atomic mass is 32.1. The first-order valence-corrected chi connectivity index (χ1v) is 11.6. The summed E-state index contributed by atoms with van der Waals surface area (Å²) in [5.41, 5.74) is 2.53. The van der Waals surface area contributed by atoms with Gasteiger partial charge in [0.25, 0.3) is 5.69 Å². The van der Waals surface area contributed by atoms with Gasteiger partial charge in [-0.25, -0.2) is 4.98 Å². The number of methoxy groups -OCH3 is 1. The Morgan fingerprint density at radius 2 is 1.78 bits per heavy atom. The fourth-order valence-electron chi connectivity index (χ4n) is 3.50. The molecule has 2 aromatic heterocycles. The summed E-state index contributed by atoms with van der Waals surface area (Å²) in [5.74, 6) is 0.737. The van der Waals surface area contributed by atoms with Crippen LogP contribution >= 0.6 is 11.3 Å². The molecule has 0 radical (unpaired) electrons. The van der Waals surface area contributed by atoms with Crippen molar-refractivity contribution in [2.75, 3.05) is 7.11 Å². The number of hydrogen-bond acceptors (Lipinski definition) is 8. The van der Waals surface area contributed by atoms with Crippen molar-refractivity contribution in [1.29, 1.82) is 0 Å². The second-order valence-electron chi connectivity index (χ2n) is 7.56. The minimum absolute atomic E-state index is 0.0638. The van der Waals surface area contributed by atoms with E-state index in [1.165, 1.54) is 34.2 Å². The number of benzene rings is 3. The molecule has 0 atom stereocenters. The van der Waals surface area contributed by atoms with Crippen molar-refractivity contribution in [2.45, 2.75) is 0 Å². The van der Waals surface area contributed by atoms with E-state index in [-0.39, 0.29) is 17.1 Å². The Morgan fingerprint density at radius 3 is 2.50 bits per heavy atom. The SMILES string of the molecule is COc1ccc(-c2csc(-n3[nH]c(-c4ccccc4)c(N=Nc4cccc([N+](=O)[O-])c4)c3=O)n2)cc1. The van der Waals surface area contributed by atoms with Gasteiger partial charge >= 0.3 is 5.56 Å². The smallest absolute Gasteiger partial charge is 0.301 e. The molecule has 11 heteroatoms. The highest BCUT2D eigenvalue weighted by Gasteiger charge is 2.19. The summed E-state index contributed by atoms with van der Waals surface area (Å²) in [4.78, 5) is 28.6. The fourth-order valence-corrected chi connectivity index (χ4v) is 4.29. The van der Waals surface area contributed by atoms with E-state index < -0.39 is 10.5 Å². The molecule has 36 heavy (non-hydrogen) atoms. The second-order valence-corrected chi connectivity index (χ2v) is 8.40. The molecule has 0 spiro atoms. The maximum atomic E-state index is 13.4. The summed E-state index contributed by atoms with van der Waals surface area (Å²) in [6, 6.07) is 22.4. The Morgan fingerprint density at radius 1 is 1.00 bits per heavy atom. The Balaban J connectivity index is 1.56. The Kier molecular flexibility index (Phi) is 6.20. The minimum Gasteiger partial charge on any atom is -0.497 e. The molecular formula is C25H18N6O4S. The third kappa shape index (κ3) is 4.55. The van der Waals surface area contributed by atoms with Crippen molar-refractivity contribution >= 4 is 28.4 Å². The molecule has 0 fully saturated rings. The lowest BCUT2D eigenvalue weighted by Gasteiger charge is -2.00.